The van der Waals surface area contributed by atoms with Crippen LogP contribution in [0.3, 0.4) is 0 Å². The molecule has 1 aromatic carbocycles. The van der Waals surface area contributed by atoms with E-state index < -0.39 is 0 Å². The Labute approximate surface area is 126 Å². The van der Waals surface area contributed by atoms with E-state index in [9.17, 15) is 4.79 Å². The number of aliphatic hydroxyl groups is 1. The Kier molecular flexibility index (Phi) is 5.62. The zero-order valence-corrected chi connectivity index (χ0v) is 12.9. The number of amides is 1. The van der Waals surface area contributed by atoms with Crippen molar-refractivity contribution in [1.82, 2.24) is 4.90 Å². The molecule has 0 atom stereocenters. The second-order valence-corrected chi connectivity index (χ2v) is 6.15. The average molecular weight is 291 g/mol. The van der Waals surface area contributed by atoms with Gasteiger partial charge in [0, 0.05) is 25.3 Å². The normalized spacial score (nSPS) is 16.3. The molecule has 1 saturated heterocycles. The van der Waals surface area contributed by atoms with Crippen molar-refractivity contribution in [3.63, 3.8) is 0 Å². The van der Waals surface area contributed by atoms with Crippen molar-refractivity contribution in [3.05, 3.63) is 29.8 Å². The van der Waals surface area contributed by atoms with Gasteiger partial charge in [0.2, 0.25) is 0 Å². The number of aliphatic hydroxyl groups excluding tert-OH is 1. The first-order valence-electron chi connectivity index (χ1n) is 7.73. The predicted molar refractivity (Wildman–Crippen MR) is 82.5 cm³/mol. The van der Waals surface area contributed by atoms with Crippen LogP contribution in [0.15, 0.2) is 24.3 Å². The minimum absolute atomic E-state index is 0.0711. The summed E-state index contributed by atoms with van der Waals surface area (Å²) in [5, 5.41) is 9.14. The maximum atomic E-state index is 12.4. The van der Waals surface area contributed by atoms with Gasteiger partial charge in [0.1, 0.15) is 5.75 Å². The summed E-state index contributed by atoms with van der Waals surface area (Å²) in [5.74, 6) is 1.71. The van der Waals surface area contributed by atoms with Crippen LogP contribution in [0.2, 0.25) is 0 Å². The molecule has 0 saturated carbocycles. The minimum atomic E-state index is 0.0711. The number of hydrogen-bond donors (Lipinski definition) is 1. The lowest BCUT2D eigenvalue weighted by Crippen LogP contribution is -2.39. The van der Waals surface area contributed by atoms with Crippen molar-refractivity contribution in [3.8, 4) is 5.75 Å². The summed E-state index contributed by atoms with van der Waals surface area (Å²) in [5.41, 5.74) is 0.703. The van der Waals surface area contributed by atoms with Crippen LogP contribution in [0.1, 0.15) is 37.0 Å². The third-order valence-corrected chi connectivity index (χ3v) is 3.84. The molecule has 4 nitrogen and oxygen atoms in total. The molecular formula is C17H25NO3. The Morgan fingerprint density at radius 2 is 1.90 bits per heavy atom. The number of nitrogens with zero attached hydrogens (tertiary/aromatic N) is 1. The largest absolute Gasteiger partial charge is 0.493 e. The van der Waals surface area contributed by atoms with E-state index in [1.165, 1.54) is 0 Å². The lowest BCUT2D eigenvalue weighted by atomic mass is 9.97. The number of ether oxygens (including phenoxy) is 1. The number of hydrogen-bond acceptors (Lipinski definition) is 3. The van der Waals surface area contributed by atoms with Crippen LogP contribution in [-0.4, -0.2) is 42.2 Å². The number of likely N-dealkylation sites (tertiary alicyclic amines) is 1. The van der Waals surface area contributed by atoms with E-state index >= 15 is 0 Å². The molecule has 0 aromatic heterocycles. The monoisotopic (exact) mass is 291 g/mol. The van der Waals surface area contributed by atoms with Gasteiger partial charge in [-0.15, -0.1) is 0 Å². The number of rotatable bonds is 5. The maximum Gasteiger partial charge on any atom is 0.253 e. The summed E-state index contributed by atoms with van der Waals surface area (Å²) in [6.07, 6.45) is 1.77. The molecule has 2 rings (SSSR count). The van der Waals surface area contributed by atoms with Crippen LogP contribution in [0.4, 0.5) is 0 Å². The highest BCUT2D eigenvalue weighted by Crippen LogP contribution is 2.20. The third-order valence-electron chi connectivity index (χ3n) is 3.84. The quantitative estimate of drug-likeness (QED) is 0.907. The second-order valence-electron chi connectivity index (χ2n) is 6.15. The highest BCUT2D eigenvalue weighted by molar-refractivity contribution is 5.94. The van der Waals surface area contributed by atoms with Gasteiger partial charge < -0.3 is 14.7 Å². The number of carbonyl (C=O) groups is 1. The van der Waals surface area contributed by atoms with Crippen molar-refractivity contribution in [2.75, 3.05) is 26.3 Å². The van der Waals surface area contributed by atoms with Crippen molar-refractivity contribution >= 4 is 5.91 Å². The van der Waals surface area contributed by atoms with Crippen LogP contribution < -0.4 is 4.74 Å². The SMILES string of the molecule is CC(C)COc1ccc(C(=O)N2CCC(CO)CC2)cc1. The van der Waals surface area contributed by atoms with Crippen molar-refractivity contribution in [1.29, 1.82) is 0 Å². The van der Waals surface area contributed by atoms with Gasteiger partial charge in [-0.3, -0.25) is 4.79 Å². The molecule has 0 spiro atoms. The average Bonchev–Trinajstić information content (AvgIpc) is 2.53. The molecule has 1 fully saturated rings. The summed E-state index contributed by atoms with van der Waals surface area (Å²) in [6, 6.07) is 7.37. The van der Waals surface area contributed by atoms with E-state index in [1.807, 2.05) is 29.2 Å². The standard InChI is InChI=1S/C17H25NO3/c1-13(2)12-21-16-5-3-15(4-6-16)17(20)18-9-7-14(11-19)8-10-18/h3-6,13-14,19H,7-12H2,1-2H3. The zero-order valence-electron chi connectivity index (χ0n) is 12.9. The van der Waals surface area contributed by atoms with E-state index in [1.54, 1.807) is 0 Å². The predicted octanol–water partition coefficient (Wildman–Crippen LogP) is 2.57. The Morgan fingerprint density at radius 1 is 1.29 bits per heavy atom. The molecule has 1 N–H and O–H groups in total. The molecular weight excluding hydrogens is 266 g/mol. The molecule has 116 valence electrons. The smallest absolute Gasteiger partial charge is 0.253 e. The first-order valence-corrected chi connectivity index (χ1v) is 7.73. The summed E-state index contributed by atoms with van der Waals surface area (Å²) in [6.45, 7) is 6.58. The van der Waals surface area contributed by atoms with Crippen LogP contribution in [0.25, 0.3) is 0 Å². The molecule has 0 bridgehead atoms. The van der Waals surface area contributed by atoms with Crippen LogP contribution in [-0.2, 0) is 0 Å². The molecule has 4 heteroatoms. The Hall–Kier alpha value is -1.55. The topological polar surface area (TPSA) is 49.8 Å². The van der Waals surface area contributed by atoms with Gasteiger partial charge in [-0.05, 0) is 48.9 Å². The molecule has 0 radical (unpaired) electrons. The van der Waals surface area contributed by atoms with Crippen LogP contribution in [0, 0.1) is 11.8 Å². The third kappa shape index (κ3) is 4.46. The van der Waals surface area contributed by atoms with Crippen molar-refractivity contribution < 1.29 is 14.6 Å². The molecule has 1 aromatic rings. The summed E-state index contributed by atoms with van der Waals surface area (Å²) in [7, 11) is 0. The van der Waals surface area contributed by atoms with Gasteiger partial charge >= 0.3 is 0 Å². The zero-order chi connectivity index (χ0) is 15.2. The van der Waals surface area contributed by atoms with Gasteiger partial charge in [-0.25, -0.2) is 0 Å². The van der Waals surface area contributed by atoms with Crippen LogP contribution >= 0.6 is 0 Å². The van der Waals surface area contributed by atoms with E-state index in [4.69, 9.17) is 9.84 Å². The fourth-order valence-electron chi connectivity index (χ4n) is 2.46. The van der Waals surface area contributed by atoms with E-state index in [0.717, 1.165) is 31.7 Å². The summed E-state index contributed by atoms with van der Waals surface area (Å²) < 4.78 is 5.62. The van der Waals surface area contributed by atoms with Crippen LogP contribution in [0.5, 0.6) is 5.75 Å². The molecule has 1 aliphatic rings. The number of piperidine rings is 1. The molecule has 1 aliphatic heterocycles. The first-order chi connectivity index (χ1) is 10.1. The van der Waals surface area contributed by atoms with Gasteiger partial charge in [-0.1, -0.05) is 13.8 Å². The van der Waals surface area contributed by atoms with E-state index in [2.05, 4.69) is 13.8 Å². The Bertz CT molecular complexity index is 448. The molecule has 1 amide bonds. The minimum Gasteiger partial charge on any atom is -0.493 e. The van der Waals surface area contributed by atoms with Gasteiger partial charge in [0.15, 0.2) is 0 Å². The Morgan fingerprint density at radius 3 is 2.43 bits per heavy atom. The maximum absolute atomic E-state index is 12.4. The molecule has 0 aliphatic carbocycles. The second kappa shape index (κ2) is 7.46. The lowest BCUT2D eigenvalue weighted by molar-refractivity contribution is 0.0651. The highest BCUT2D eigenvalue weighted by Gasteiger charge is 2.23. The van der Waals surface area contributed by atoms with E-state index in [0.29, 0.717) is 24.0 Å². The molecule has 0 unspecified atom stereocenters. The molecule has 1 heterocycles. The van der Waals surface area contributed by atoms with Crippen molar-refractivity contribution in [2.45, 2.75) is 26.7 Å². The Balaban J connectivity index is 1.91. The summed E-state index contributed by atoms with van der Waals surface area (Å²) >= 11 is 0. The van der Waals surface area contributed by atoms with Gasteiger partial charge in [0.25, 0.3) is 5.91 Å². The van der Waals surface area contributed by atoms with Gasteiger partial charge in [0.05, 0.1) is 6.61 Å². The number of carbonyl (C=O) groups excluding carboxylic acids is 1. The van der Waals surface area contributed by atoms with Gasteiger partial charge in [-0.2, -0.15) is 0 Å². The highest BCUT2D eigenvalue weighted by atomic mass is 16.5. The fraction of sp³-hybridized carbons (Fsp3) is 0.588. The fourth-order valence-corrected chi connectivity index (χ4v) is 2.46. The summed E-state index contributed by atoms with van der Waals surface area (Å²) in [4.78, 5) is 14.3. The number of benzene rings is 1. The van der Waals surface area contributed by atoms with Crippen molar-refractivity contribution in [2.24, 2.45) is 11.8 Å². The lowest BCUT2D eigenvalue weighted by Gasteiger charge is -2.31. The molecule has 21 heavy (non-hydrogen) atoms. The van der Waals surface area contributed by atoms with E-state index in [-0.39, 0.29) is 12.5 Å². The first kappa shape index (κ1) is 15.8.